The second-order valence-corrected chi connectivity index (χ2v) is 6.53. The van der Waals surface area contributed by atoms with E-state index in [9.17, 15) is 4.39 Å². The Hall–Kier alpha value is -2.82. The number of halogens is 1. The zero-order chi connectivity index (χ0) is 17.9. The number of ether oxygens (including phenoxy) is 1. The lowest BCUT2D eigenvalue weighted by Gasteiger charge is -2.09. The van der Waals surface area contributed by atoms with Gasteiger partial charge < -0.3 is 10.1 Å². The van der Waals surface area contributed by atoms with E-state index in [1.165, 1.54) is 17.7 Å². The molecule has 1 aliphatic rings. The molecule has 0 amide bonds. The molecule has 0 unspecified atom stereocenters. The van der Waals surface area contributed by atoms with Crippen LogP contribution in [0.15, 0.2) is 48.5 Å². The van der Waals surface area contributed by atoms with E-state index in [0.717, 1.165) is 54.3 Å². The number of nitrogens with zero attached hydrogens (tertiary/aromatic N) is 2. The molecule has 0 fully saturated rings. The summed E-state index contributed by atoms with van der Waals surface area (Å²) in [6.07, 6.45) is 3.97. The van der Waals surface area contributed by atoms with Gasteiger partial charge in [0.2, 0.25) is 0 Å². The predicted molar refractivity (Wildman–Crippen MR) is 101 cm³/mol. The summed E-state index contributed by atoms with van der Waals surface area (Å²) in [6.45, 7) is 0.925. The summed E-state index contributed by atoms with van der Waals surface area (Å²) in [5.41, 5.74) is 4.27. The number of para-hydroxylation sites is 1. The van der Waals surface area contributed by atoms with Crippen molar-refractivity contribution in [1.29, 1.82) is 0 Å². The SMILES string of the molecule is COc1ccccc1Cc1nn(-c2ccc(F)cc2)c2c1CCCCN2. The van der Waals surface area contributed by atoms with Gasteiger partial charge in [-0.2, -0.15) is 5.10 Å². The molecule has 134 valence electrons. The lowest BCUT2D eigenvalue weighted by atomic mass is 10.0. The van der Waals surface area contributed by atoms with Crippen molar-refractivity contribution >= 4 is 5.82 Å². The molecule has 1 aliphatic heterocycles. The van der Waals surface area contributed by atoms with Crippen LogP contribution in [-0.4, -0.2) is 23.4 Å². The topological polar surface area (TPSA) is 39.1 Å². The highest BCUT2D eigenvalue weighted by atomic mass is 19.1. The number of nitrogens with one attached hydrogen (secondary N) is 1. The summed E-state index contributed by atoms with van der Waals surface area (Å²) in [6, 6.07) is 14.5. The summed E-state index contributed by atoms with van der Waals surface area (Å²) in [7, 11) is 1.69. The number of methoxy groups -OCH3 is 1. The minimum atomic E-state index is -0.241. The zero-order valence-corrected chi connectivity index (χ0v) is 14.8. The Bertz CT molecular complexity index is 902. The van der Waals surface area contributed by atoms with Crippen molar-refractivity contribution in [3.05, 3.63) is 71.2 Å². The van der Waals surface area contributed by atoms with E-state index in [1.807, 2.05) is 22.9 Å². The number of fused-ring (bicyclic) bond motifs is 1. The standard InChI is InChI=1S/C21H22FN3O/c1-26-20-8-3-2-6-15(20)14-19-18-7-4-5-13-23-21(18)25(24-19)17-11-9-16(22)10-12-17/h2-3,6,8-12,23H,4-5,7,13-14H2,1H3. The molecule has 0 atom stereocenters. The van der Waals surface area contributed by atoms with E-state index >= 15 is 0 Å². The van der Waals surface area contributed by atoms with E-state index < -0.39 is 0 Å². The summed E-state index contributed by atoms with van der Waals surface area (Å²) in [4.78, 5) is 0. The smallest absolute Gasteiger partial charge is 0.133 e. The number of aromatic nitrogens is 2. The van der Waals surface area contributed by atoms with Crippen molar-refractivity contribution in [2.75, 3.05) is 19.0 Å². The first-order valence-electron chi connectivity index (χ1n) is 8.99. The van der Waals surface area contributed by atoms with Gasteiger partial charge in [0, 0.05) is 24.1 Å². The van der Waals surface area contributed by atoms with Crippen LogP contribution < -0.4 is 10.1 Å². The third kappa shape index (κ3) is 3.17. The van der Waals surface area contributed by atoms with Crippen molar-refractivity contribution in [3.63, 3.8) is 0 Å². The van der Waals surface area contributed by atoms with Crippen molar-refractivity contribution in [3.8, 4) is 11.4 Å². The maximum absolute atomic E-state index is 13.3. The molecular weight excluding hydrogens is 329 g/mol. The fourth-order valence-electron chi connectivity index (χ4n) is 3.51. The molecule has 0 radical (unpaired) electrons. The summed E-state index contributed by atoms with van der Waals surface area (Å²) in [5.74, 6) is 1.66. The monoisotopic (exact) mass is 351 g/mol. The van der Waals surface area contributed by atoms with Gasteiger partial charge in [-0.05, 0) is 49.6 Å². The Labute approximate surface area is 152 Å². The van der Waals surface area contributed by atoms with Crippen LogP contribution in [0.4, 0.5) is 10.2 Å². The molecule has 5 heteroatoms. The Morgan fingerprint density at radius 3 is 2.73 bits per heavy atom. The molecule has 4 nitrogen and oxygen atoms in total. The number of rotatable bonds is 4. The minimum absolute atomic E-state index is 0.241. The molecule has 0 saturated carbocycles. The van der Waals surface area contributed by atoms with Gasteiger partial charge in [-0.15, -0.1) is 0 Å². The quantitative estimate of drug-likeness (QED) is 0.759. The highest BCUT2D eigenvalue weighted by molar-refractivity contribution is 5.55. The number of hydrogen-bond acceptors (Lipinski definition) is 3. The van der Waals surface area contributed by atoms with Crippen LogP contribution in [0, 0.1) is 5.82 Å². The summed E-state index contributed by atoms with van der Waals surface area (Å²) >= 11 is 0. The molecule has 0 aliphatic carbocycles. The van der Waals surface area contributed by atoms with E-state index in [1.54, 1.807) is 19.2 Å². The van der Waals surface area contributed by atoms with Crippen molar-refractivity contribution in [1.82, 2.24) is 9.78 Å². The van der Waals surface area contributed by atoms with Crippen LogP contribution in [-0.2, 0) is 12.8 Å². The highest BCUT2D eigenvalue weighted by Gasteiger charge is 2.21. The lowest BCUT2D eigenvalue weighted by molar-refractivity contribution is 0.410. The number of hydrogen-bond donors (Lipinski definition) is 1. The molecule has 1 aromatic heterocycles. The van der Waals surface area contributed by atoms with Gasteiger partial charge in [-0.25, -0.2) is 9.07 Å². The minimum Gasteiger partial charge on any atom is -0.496 e. The first-order valence-corrected chi connectivity index (χ1v) is 8.99. The van der Waals surface area contributed by atoms with Crippen LogP contribution in [0.2, 0.25) is 0 Å². The Morgan fingerprint density at radius 2 is 1.92 bits per heavy atom. The van der Waals surface area contributed by atoms with Crippen molar-refractivity contribution < 1.29 is 9.13 Å². The van der Waals surface area contributed by atoms with Gasteiger partial charge >= 0.3 is 0 Å². The molecule has 26 heavy (non-hydrogen) atoms. The van der Waals surface area contributed by atoms with Crippen LogP contribution in [0.3, 0.4) is 0 Å². The fourth-order valence-corrected chi connectivity index (χ4v) is 3.51. The molecule has 3 aromatic rings. The van der Waals surface area contributed by atoms with Crippen LogP contribution in [0.25, 0.3) is 5.69 Å². The first kappa shape index (κ1) is 16.6. The number of benzene rings is 2. The third-order valence-corrected chi connectivity index (χ3v) is 4.83. The maximum Gasteiger partial charge on any atom is 0.133 e. The molecule has 4 rings (SSSR count). The molecule has 0 saturated heterocycles. The van der Waals surface area contributed by atoms with Gasteiger partial charge in [-0.3, -0.25) is 0 Å². The van der Waals surface area contributed by atoms with E-state index in [4.69, 9.17) is 9.84 Å². The molecule has 2 heterocycles. The zero-order valence-electron chi connectivity index (χ0n) is 14.8. The van der Waals surface area contributed by atoms with E-state index in [2.05, 4.69) is 11.4 Å². The van der Waals surface area contributed by atoms with Crippen molar-refractivity contribution in [2.24, 2.45) is 0 Å². The maximum atomic E-state index is 13.3. The predicted octanol–water partition coefficient (Wildman–Crippen LogP) is 4.36. The van der Waals surface area contributed by atoms with Crippen LogP contribution >= 0.6 is 0 Å². The van der Waals surface area contributed by atoms with Gasteiger partial charge in [0.15, 0.2) is 0 Å². The number of anilines is 1. The average Bonchev–Trinajstić information content (AvgIpc) is 2.84. The molecule has 0 bridgehead atoms. The first-order chi connectivity index (χ1) is 12.8. The second kappa shape index (κ2) is 7.20. The van der Waals surface area contributed by atoms with Gasteiger partial charge in [0.25, 0.3) is 0 Å². The fraction of sp³-hybridized carbons (Fsp3) is 0.286. The largest absolute Gasteiger partial charge is 0.496 e. The van der Waals surface area contributed by atoms with Crippen LogP contribution in [0.5, 0.6) is 5.75 Å². The summed E-state index contributed by atoms with van der Waals surface area (Å²) in [5, 5.41) is 8.40. The molecule has 1 N–H and O–H groups in total. The van der Waals surface area contributed by atoms with E-state index in [-0.39, 0.29) is 5.82 Å². The second-order valence-electron chi connectivity index (χ2n) is 6.53. The van der Waals surface area contributed by atoms with Crippen LogP contribution in [0.1, 0.15) is 29.7 Å². The Balaban J connectivity index is 1.78. The molecule has 0 spiro atoms. The Morgan fingerprint density at radius 1 is 1.12 bits per heavy atom. The summed E-state index contributed by atoms with van der Waals surface area (Å²) < 4.78 is 20.7. The van der Waals surface area contributed by atoms with Crippen molar-refractivity contribution in [2.45, 2.75) is 25.7 Å². The van der Waals surface area contributed by atoms with Gasteiger partial charge in [0.05, 0.1) is 18.5 Å². The Kier molecular flexibility index (Phi) is 4.61. The van der Waals surface area contributed by atoms with E-state index in [0.29, 0.717) is 6.42 Å². The third-order valence-electron chi connectivity index (χ3n) is 4.83. The molecular formula is C21H22FN3O. The lowest BCUT2D eigenvalue weighted by Crippen LogP contribution is -2.07. The normalized spacial score (nSPS) is 13.6. The average molecular weight is 351 g/mol. The van der Waals surface area contributed by atoms with Gasteiger partial charge in [-0.1, -0.05) is 18.2 Å². The van der Waals surface area contributed by atoms with Gasteiger partial charge in [0.1, 0.15) is 17.4 Å². The molecule has 2 aromatic carbocycles. The highest BCUT2D eigenvalue weighted by Crippen LogP contribution is 2.31.